The van der Waals surface area contributed by atoms with Gasteiger partial charge in [-0.3, -0.25) is 9.59 Å². The van der Waals surface area contributed by atoms with E-state index in [4.69, 9.17) is 0 Å². The first-order chi connectivity index (χ1) is 8.11. The number of rotatable bonds is 2. The van der Waals surface area contributed by atoms with E-state index >= 15 is 0 Å². The highest BCUT2D eigenvalue weighted by atomic mass is 32.1. The highest BCUT2D eigenvalue weighted by molar-refractivity contribution is 7.07. The van der Waals surface area contributed by atoms with Crippen molar-refractivity contribution in [3.05, 3.63) is 16.6 Å². The Morgan fingerprint density at radius 1 is 1.65 bits per heavy atom. The molecule has 0 aliphatic carbocycles. The molecule has 1 aliphatic heterocycles. The Bertz CT molecular complexity index is 418. The van der Waals surface area contributed by atoms with Gasteiger partial charge in [0, 0.05) is 18.8 Å². The Morgan fingerprint density at radius 2 is 2.41 bits per heavy atom. The predicted molar refractivity (Wildman–Crippen MR) is 62.6 cm³/mol. The molecule has 2 heterocycles. The molecule has 0 saturated carbocycles. The van der Waals surface area contributed by atoms with Crippen molar-refractivity contribution in [2.24, 2.45) is 5.92 Å². The van der Waals surface area contributed by atoms with Gasteiger partial charge in [-0.15, -0.1) is 11.3 Å². The molecule has 2 atom stereocenters. The number of aliphatic carboxylic acids is 1. The Morgan fingerprint density at radius 3 is 3.00 bits per heavy atom. The van der Waals surface area contributed by atoms with Crippen LogP contribution in [0.3, 0.4) is 0 Å². The van der Waals surface area contributed by atoms with Gasteiger partial charge in [-0.1, -0.05) is 0 Å². The zero-order chi connectivity index (χ0) is 12.4. The average Bonchev–Trinajstić information content (AvgIpc) is 2.75. The molecule has 0 bridgehead atoms. The van der Waals surface area contributed by atoms with E-state index in [1.807, 2.05) is 5.38 Å². The molecule has 2 rings (SSSR count). The molecular formula is C11H14N2O3S. The maximum absolute atomic E-state index is 11.8. The van der Waals surface area contributed by atoms with Crippen molar-refractivity contribution in [3.8, 4) is 0 Å². The summed E-state index contributed by atoms with van der Waals surface area (Å²) in [6.07, 6.45) is 1.56. The molecule has 0 aromatic carbocycles. The smallest absolute Gasteiger partial charge is 0.309 e. The first kappa shape index (κ1) is 12.0. The predicted octanol–water partition coefficient (Wildman–Crippen LogP) is 1.53. The zero-order valence-electron chi connectivity index (χ0n) is 9.50. The van der Waals surface area contributed by atoms with Gasteiger partial charge in [0.2, 0.25) is 5.91 Å². The average molecular weight is 254 g/mol. The summed E-state index contributed by atoms with van der Waals surface area (Å²) in [5.41, 5.74) is 2.34. The second kappa shape index (κ2) is 4.83. The summed E-state index contributed by atoms with van der Waals surface area (Å²) in [4.78, 5) is 28.8. The van der Waals surface area contributed by atoms with Gasteiger partial charge in [0.25, 0.3) is 0 Å². The third-order valence-corrected chi connectivity index (χ3v) is 3.77. The molecule has 1 aliphatic rings. The lowest BCUT2D eigenvalue weighted by atomic mass is 9.93. The number of nitrogens with zero attached hydrogens (tertiary/aromatic N) is 2. The van der Waals surface area contributed by atoms with E-state index in [1.54, 1.807) is 12.6 Å². The summed E-state index contributed by atoms with van der Waals surface area (Å²) >= 11 is 1.42. The number of aromatic nitrogens is 1. The molecule has 1 aromatic heterocycles. The summed E-state index contributed by atoms with van der Waals surface area (Å²) in [6, 6.07) is -0.436. The molecule has 5 nitrogen and oxygen atoms in total. The second-order valence-corrected chi connectivity index (χ2v) is 4.92. The van der Waals surface area contributed by atoms with Gasteiger partial charge < -0.3 is 10.0 Å². The summed E-state index contributed by atoms with van der Waals surface area (Å²) in [5.74, 6) is -1.43. The Kier molecular flexibility index (Phi) is 3.42. The van der Waals surface area contributed by atoms with Crippen LogP contribution < -0.4 is 0 Å². The fourth-order valence-electron chi connectivity index (χ4n) is 2.26. The number of hydrogen-bond acceptors (Lipinski definition) is 4. The largest absolute Gasteiger partial charge is 0.481 e. The first-order valence-corrected chi connectivity index (χ1v) is 6.42. The fraction of sp³-hybridized carbons (Fsp3) is 0.545. The lowest BCUT2D eigenvalue weighted by molar-refractivity contribution is -0.145. The lowest BCUT2D eigenvalue weighted by Crippen LogP contribution is -2.36. The standard InChI is InChI=1S/C11H14N2O3S/c1-13-9(14)4-2-3-7(11(15)16)10(13)8-5-17-6-12-8/h5-7,10H,2-4H2,1H3,(H,15,16). The van der Waals surface area contributed by atoms with Crippen LogP contribution in [0, 0.1) is 5.92 Å². The van der Waals surface area contributed by atoms with Crippen molar-refractivity contribution >= 4 is 23.2 Å². The summed E-state index contributed by atoms with van der Waals surface area (Å²) in [7, 11) is 1.66. The third kappa shape index (κ3) is 2.31. The molecule has 92 valence electrons. The van der Waals surface area contributed by atoms with Gasteiger partial charge in [-0.05, 0) is 12.8 Å². The van der Waals surface area contributed by atoms with Crippen LogP contribution in [0.4, 0.5) is 0 Å². The van der Waals surface area contributed by atoms with E-state index in [9.17, 15) is 14.7 Å². The lowest BCUT2D eigenvalue weighted by Gasteiger charge is -2.28. The topological polar surface area (TPSA) is 70.5 Å². The van der Waals surface area contributed by atoms with E-state index in [0.717, 1.165) is 0 Å². The SMILES string of the molecule is CN1C(=O)CCCC(C(=O)O)C1c1cscn1. The van der Waals surface area contributed by atoms with Gasteiger partial charge in [-0.25, -0.2) is 4.98 Å². The minimum absolute atomic E-state index is 0.00764. The van der Waals surface area contributed by atoms with Gasteiger partial charge in [0.1, 0.15) is 0 Å². The molecular weight excluding hydrogens is 240 g/mol. The van der Waals surface area contributed by atoms with Crippen molar-refractivity contribution in [1.29, 1.82) is 0 Å². The van der Waals surface area contributed by atoms with Gasteiger partial charge in [0.05, 0.1) is 23.2 Å². The zero-order valence-corrected chi connectivity index (χ0v) is 10.3. The Hall–Kier alpha value is -1.43. The Labute approximate surface area is 103 Å². The second-order valence-electron chi connectivity index (χ2n) is 4.20. The van der Waals surface area contributed by atoms with E-state index in [0.29, 0.717) is 25.0 Å². The minimum atomic E-state index is -0.857. The maximum Gasteiger partial charge on any atom is 0.309 e. The van der Waals surface area contributed by atoms with Gasteiger partial charge >= 0.3 is 5.97 Å². The monoisotopic (exact) mass is 254 g/mol. The van der Waals surface area contributed by atoms with Crippen LogP contribution in [0.25, 0.3) is 0 Å². The van der Waals surface area contributed by atoms with Crippen LogP contribution in [0.15, 0.2) is 10.9 Å². The number of hydrogen-bond donors (Lipinski definition) is 1. The van der Waals surface area contributed by atoms with E-state index in [2.05, 4.69) is 4.98 Å². The van der Waals surface area contributed by atoms with Gasteiger partial charge in [0.15, 0.2) is 0 Å². The maximum atomic E-state index is 11.8. The molecule has 0 radical (unpaired) electrons. The number of likely N-dealkylation sites (tertiary alicyclic amines) is 1. The Balaban J connectivity index is 2.37. The fourth-order valence-corrected chi connectivity index (χ4v) is 2.85. The summed E-state index contributed by atoms with van der Waals surface area (Å²) in [6.45, 7) is 0. The normalized spacial score (nSPS) is 25.7. The van der Waals surface area contributed by atoms with Crippen molar-refractivity contribution in [2.75, 3.05) is 7.05 Å². The van der Waals surface area contributed by atoms with E-state index < -0.39 is 17.9 Å². The van der Waals surface area contributed by atoms with Crippen molar-refractivity contribution in [3.63, 3.8) is 0 Å². The van der Waals surface area contributed by atoms with E-state index in [-0.39, 0.29) is 5.91 Å². The molecule has 17 heavy (non-hydrogen) atoms. The van der Waals surface area contributed by atoms with Crippen molar-refractivity contribution in [1.82, 2.24) is 9.88 Å². The molecule has 0 spiro atoms. The highest BCUT2D eigenvalue weighted by Crippen LogP contribution is 2.34. The number of carboxylic acid groups (broad SMARTS) is 1. The molecule has 1 fully saturated rings. The van der Waals surface area contributed by atoms with Crippen LogP contribution in [-0.2, 0) is 9.59 Å². The minimum Gasteiger partial charge on any atom is -0.481 e. The van der Waals surface area contributed by atoms with Crippen LogP contribution in [0.5, 0.6) is 0 Å². The number of amides is 1. The van der Waals surface area contributed by atoms with Crippen LogP contribution in [0.1, 0.15) is 31.0 Å². The number of thiazole rings is 1. The van der Waals surface area contributed by atoms with Crippen LogP contribution in [-0.4, -0.2) is 33.9 Å². The quantitative estimate of drug-likeness (QED) is 0.868. The molecule has 1 aromatic rings. The van der Waals surface area contributed by atoms with E-state index in [1.165, 1.54) is 16.2 Å². The number of carboxylic acids is 1. The highest BCUT2D eigenvalue weighted by Gasteiger charge is 2.37. The number of carbonyl (C=O) groups excluding carboxylic acids is 1. The molecule has 6 heteroatoms. The molecule has 2 unspecified atom stereocenters. The summed E-state index contributed by atoms with van der Waals surface area (Å²) < 4.78 is 0. The summed E-state index contributed by atoms with van der Waals surface area (Å²) in [5, 5.41) is 11.1. The third-order valence-electron chi connectivity index (χ3n) is 3.17. The molecule has 1 N–H and O–H groups in total. The molecule has 1 amide bonds. The van der Waals surface area contributed by atoms with Gasteiger partial charge in [-0.2, -0.15) is 0 Å². The van der Waals surface area contributed by atoms with Crippen LogP contribution in [0.2, 0.25) is 0 Å². The van der Waals surface area contributed by atoms with Crippen molar-refractivity contribution < 1.29 is 14.7 Å². The number of carbonyl (C=O) groups is 2. The van der Waals surface area contributed by atoms with Crippen LogP contribution >= 0.6 is 11.3 Å². The first-order valence-electron chi connectivity index (χ1n) is 5.48. The molecule has 1 saturated heterocycles. The van der Waals surface area contributed by atoms with Crippen molar-refractivity contribution in [2.45, 2.75) is 25.3 Å².